The lowest BCUT2D eigenvalue weighted by Crippen LogP contribution is -2.61. The first kappa shape index (κ1) is 44.0. The maximum absolute atomic E-state index is 13.7. The van der Waals surface area contributed by atoms with Crippen molar-refractivity contribution >= 4 is 40.9 Å². The second-order valence-electron chi connectivity index (χ2n) is 15.7. The molecule has 0 radical (unpaired) electrons. The van der Waals surface area contributed by atoms with Gasteiger partial charge in [0.25, 0.3) is 11.5 Å². The quantitative estimate of drug-likeness (QED) is 0.111. The molecule has 6 atom stereocenters. The fraction of sp³-hybridized carbons (Fsp3) is 0.419. The van der Waals surface area contributed by atoms with Crippen LogP contribution in [-0.4, -0.2) is 139 Å². The molecule has 2 aromatic carbocycles. The highest BCUT2D eigenvalue weighted by molar-refractivity contribution is 5.97. The van der Waals surface area contributed by atoms with E-state index in [0.717, 1.165) is 16.5 Å². The van der Waals surface area contributed by atoms with Crippen LogP contribution in [0.2, 0.25) is 0 Å². The van der Waals surface area contributed by atoms with Crippen molar-refractivity contribution in [1.82, 2.24) is 24.7 Å². The topological polar surface area (TPSA) is 286 Å². The number of aromatic nitrogens is 2. The van der Waals surface area contributed by atoms with Crippen LogP contribution in [0.15, 0.2) is 47.3 Å². The Morgan fingerprint density at radius 2 is 1.64 bits per heavy atom. The average Bonchev–Trinajstić information content (AvgIpc) is 3.67. The highest BCUT2D eigenvalue weighted by Crippen LogP contribution is 2.41. The van der Waals surface area contributed by atoms with Gasteiger partial charge < -0.3 is 68.9 Å². The molecule has 6 N–H and O–H groups in total. The number of carbonyl (C=O) groups excluding carboxylic acids is 4. The number of cyclic esters (lactones) is 1. The van der Waals surface area contributed by atoms with E-state index in [1.165, 1.54) is 35.0 Å². The third-order valence-electron chi connectivity index (χ3n) is 12.1. The van der Waals surface area contributed by atoms with Crippen molar-refractivity contribution in [1.29, 1.82) is 0 Å². The van der Waals surface area contributed by atoms with Crippen LogP contribution in [0.4, 0.5) is 9.59 Å². The number of aliphatic hydroxyl groups excluding tert-OH is 3. The van der Waals surface area contributed by atoms with Gasteiger partial charge in [-0.3, -0.25) is 9.59 Å². The molecule has 6 heterocycles. The predicted molar refractivity (Wildman–Crippen MR) is 218 cm³/mol. The number of fused-ring (bicyclic) bond motifs is 5. The van der Waals surface area contributed by atoms with Crippen molar-refractivity contribution in [3.63, 3.8) is 0 Å². The molecular formula is C43H45N5O16. The molecular weight excluding hydrogens is 842 g/mol. The number of aliphatic hydroxyl groups is 4. The molecule has 0 saturated carbocycles. The van der Waals surface area contributed by atoms with Crippen LogP contribution >= 0.6 is 0 Å². The van der Waals surface area contributed by atoms with E-state index in [0.29, 0.717) is 28.9 Å². The Morgan fingerprint density at radius 1 is 0.922 bits per heavy atom. The van der Waals surface area contributed by atoms with Gasteiger partial charge in [-0.25, -0.2) is 24.2 Å². The van der Waals surface area contributed by atoms with Crippen molar-refractivity contribution in [3.8, 4) is 22.9 Å². The van der Waals surface area contributed by atoms with Crippen molar-refractivity contribution in [2.45, 2.75) is 82.8 Å². The van der Waals surface area contributed by atoms with Gasteiger partial charge in [-0.2, -0.15) is 0 Å². The zero-order chi connectivity index (χ0) is 45.8. The van der Waals surface area contributed by atoms with Crippen LogP contribution in [0.3, 0.4) is 0 Å². The first-order chi connectivity index (χ1) is 30.6. The van der Waals surface area contributed by atoms with E-state index in [9.17, 15) is 54.3 Å². The number of hydrogen-bond donors (Lipinski definition) is 6. The lowest BCUT2D eigenvalue weighted by molar-refractivity contribution is -0.271. The summed E-state index contributed by atoms with van der Waals surface area (Å²) in [5.74, 6) is -2.95. The van der Waals surface area contributed by atoms with E-state index < -0.39 is 66.3 Å². The summed E-state index contributed by atoms with van der Waals surface area (Å²) in [5.41, 5.74) is 1.75. The number of piperazine rings is 1. The monoisotopic (exact) mass is 887 g/mol. The summed E-state index contributed by atoms with van der Waals surface area (Å²) in [4.78, 5) is 84.7. The highest BCUT2D eigenvalue weighted by atomic mass is 16.7. The number of rotatable bonds is 9. The molecule has 21 nitrogen and oxygen atoms in total. The summed E-state index contributed by atoms with van der Waals surface area (Å²) in [5, 5.41) is 54.2. The van der Waals surface area contributed by atoms with Crippen molar-refractivity contribution in [3.05, 3.63) is 86.2 Å². The van der Waals surface area contributed by atoms with Gasteiger partial charge in [-0.1, -0.05) is 19.9 Å². The number of pyridine rings is 2. The molecule has 0 aliphatic carbocycles. The number of carboxylic acid groups (broad SMARTS) is 1. The molecule has 2 aromatic heterocycles. The van der Waals surface area contributed by atoms with Crippen LogP contribution in [0.25, 0.3) is 22.3 Å². The zero-order valence-corrected chi connectivity index (χ0v) is 34.8. The predicted octanol–water partition coefficient (Wildman–Crippen LogP) is 0.726. The van der Waals surface area contributed by atoms with Crippen LogP contribution in [0, 0.1) is 0 Å². The van der Waals surface area contributed by atoms with Crippen molar-refractivity contribution in [2.24, 2.45) is 0 Å². The summed E-state index contributed by atoms with van der Waals surface area (Å²) >= 11 is 0. The standard InChI is InChI=1S/C43H45N5O16/c1-4-22-23-15-21(7-8-28(23)45-31-25(22)17-48-29(31)16-27-26(37(48)53)19-60-40(56)43(27,59)5-2)62-42(58)47-12-10-46(11-13-47)41(57)61-18-20-6-9-30(24(14-20)36(52)44-3)63-39-34(51)32(49)33(50)35(64-39)38(54)55/h6-9,14-16,32-35,39,49-51,59H,4-5,10-13,17-19H2,1-3H3,(H,44,52)(H,54,55)/t32-,33-,34+,35-,39+,43-/m0/s1. The Kier molecular flexibility index (Phi) is 11.8. The molecule has 64 heavy (non-hydrogen) atoms. The van der Waals surface area contributed by atoms with E-state index in [1.54, 1.807) is 35.8 Å². The third kappa shape index (κ3) is 7.63. The average molecular weight is 888 g/mol. The maximum atomic E-state index is 13.7. The van der Waals surface area contributed by atoms with Gasteiger partial charge in [0.05, 0.1) is 34.6 Å². The minimum Gasteiger partial charge on any atom is -0.479 e. The molecule has 3 amide bonds. The van der Waals surface area contributed by atoms with E-state index in [2.05, 4.69) is 5.32 Å². The fourth-order valence-electron chi connectivity index (χ4n) is 8.44. The Morgan fingerprint density at radius 3 is 2.31 bits per heavy atom. The van der Waals surface area contributed by atoms with E-state index in [1.807, 2.05) is 6.92 Å². The molecule has 0 unspecified atom stereocenters. The number of hydrogen-bond acceptors (Lipinski definition) is 16. The van der Waals surface area contributed by atoms with Gasteiger partial charge in [0.15, 0.2) is 11.7 Å². The third-order valence-corrected chi connectivity index (χ3v) is 12.1. The van der Waals surface area contributed by atoms with Crippen LogP contribution in [0.5, 0.6) is 11.5 Å². The SMILES string of the molecule is CCc1c2c(nc3ccc(OC(=O)N4CCN(C(=O)OCc5ccc(O[C@@H]6O[C@H](C(=O)O)[C@@H](O)[C@H](O)[C@H]6O)c(C(=O)NC)c5)CC4)cc13)-c1cc3c(c(=O)n1C2)COC(=O)[C@]3(O)CC. The summed E-state index contributed by atoms with van der Waals surface area (Å²) in [6.45, 7) is 3.83. The molecule has 0 bridgehead atoms. The molecule has 4 aliphatic rings. The zero-order valence-electron chi connectivity index (χ0n) is 34.8. The number of carbonyl (C=O) groups is 5. The van der Waals surface area contributed by atoms with E-state index >= 15 is 0 Å². The largest absolute Gasteiger partial charge is 0.479 e. The van der Waals surface area contributed by atoms with Gasteiger partial charge >= 0.3 is 24.1 Å². The number of benzene rings is 2. The first-order valence-electron chi connectivity index (χ1n) is 20.5. The molecule has 4 aromatic rings. The second-order valence-corrected chi connectivity index (χ2v) is 15.7. The fourth-order valence-corrected chi connectivity index (χ4v) is 8.44. The smallest absolute Gasteiger partial charge is 0.415 e. The number of nitrogens with one attached hydrogen (secondary N) is 1. The number of amides is 3. The van der Waals surface area contributed by atoms with E-state index in [-0.39, 0.29) is 86.1 Å². The number of ether oxygens (including phenoxy) is 5. The summed E-state index contributed by atoms with van der Waals surface area (Å²) in [7, 11) is 1.35. The van der Waals surface area contributed by atoms with Crippen molar-refractivity contribution < 1.29 is 73.2 Å². The van der Waals surface area contributed by atoms with Gasteiger partial charge in [0.1, 0.15) is 43.0 Å². The Hall–Kier alpha value is -6.65. The lowest BCUT2D eigenvalue weighted by Gasteiger charge is -2.38. The molecule has 2 saturated heterocycles. The maximum Gasteiger partial charge on any atom is 0.415 e. The summed E-state index contributed by atoms with van der Waals surface area (Å²) < 4.78 is 28.8. The molecule has 0 spiro atoms. The van der Waals surface area contributed by atoms with Crippen LogP contribution < -0.4 is 20.3 Å². The Bertz CT molecular complexity index is 2640. The number of carboxylic acids is 1. The number of aryl methyl sites for hydroxylation is 1. The minimum atomic E-state index is -1.95. The van der Waals surface area contributed by atoms with Crippen molar-refractivity contribution in [2.75, 3.05) is 33.2 Å². The Labute approximate surface area is 363 Å². The molecule has 21 heteroatoms. The molecule has 4 aliphatic heterocycles. The number of aliphatic carboxylic acids is 1. The number of esters is 1. The van der Waals surface area contributed by atoms with Gasteiger partial charge in [-0.15, -0.1) is 0 Å². The molecule has 2 fully saturated rings. The van der Waals surface area contributed by atoms with Gasteiger partial charge in [0, 0.05) is 49.7 Å². The summed E-state index contributed by atoms with van der Waals surface area (Å²) in [6, 6.07) is 10.8. The highest BCUT2D eigenvalue weighted by Gasteiger charge is 2.49. The van der Waals surface area contributed by atoms with Gasteiger partial charge in [-0.05, 0) is 60.4 Å². The molecule has 8 rings (SSSR count). The first-order valence-corrected chi connectivity index (χ1v) is 20.5. The lowest BCUT2D eigenvalue weighted by atomic mass is 9.86. The summed E-state index contributed by atoms with van der Waals surface area (Å²) in [6.07, 6.45) is -10.1. The molecule has 338 valence electrons. The van der Waals surface area contributed by atoms with Gasteiger partial charge in [0.2, 0.25) is 6.29 Å². The van der Waals surface area contributed by atoms with Crippen LogP contribution in [-0.2, 0) is 55.6 Å². The van der Waals surface area contributed by atoms with E-state index in [4.69, 9.17) is 28.7 Å². The second kappa shape index (κ2) is 17.1. The van der Waals surface area contributed by atoms with Crippen LogP contribution in [0.1, 0.15) is 58.4 Å². The Balaban J connectivity index is 0.894. The number of nitrogens with zero attached hydrogens (tertiary/aromatic N) is 4. The normalized spacial score (nSPS) is 23.7. The minimum absolute atomic E-state index is 0.0254.